The first-order valence-electron chi connectivity index (χ1n) is 11.5. The van der Waals surface area contributed by atoms with Gasteiger partial charge in [-0.05, 0) is 74.7 Å². The number of ether oxygens (including phenoxy) is 3. The predicted octanol–water partition coefficient (Wildman–Crippen LogP) is 4.78. The molecule has 168 valence electrons. The van der Waals surface area contributed by atoms with Gasteiger partial charge in [-0.3, -0.25) is 4.79 Å². The summed E-state index contributed by atoms with van der Waals surface area (Å²) < 4.78 is 17.4. The maximum Gasteiger partial charge on any atom is 0.166 e. The summed E-state index contributed by atoms with van der Waals surface area (Å²) in [5, 5.41) is 0. The number of hydrogen-bond acceptors (Lipinski definition) is 5. The fourth-order valence-corrected chi connectivity index (χ4v) is 5.61. The van der Waals surface area contributed by atoms with Gasteiger partial charge in [0.05, 0.1) is 19.6 Å². The Balaban J connectivity index is 1.35. The van der Waals surface area contributed by atoms with Gasteiger partial charge in [-0.2, -0.15) is 0 Å². The van der Waals surface area contributed by atoms with Crippen LogP contribution in [0.25, 0.3) is 0 Å². The third-order valence-corrected chi connectivity index (χ3v) is 7.41. The molecule has 5 nitrogen and oxygen atoms in total. The molecule has 2 aromatic carbocycles. The zero-order valence-corrected chi connectivity index (χ0v) is 19.1. The quantitative estimate of drug-likeness (QED) is 0.485. The minimum absolute atomic E-state index is 0.0881. The van der Waals surface area contributed by atoms with Crippen molar-refractivity contribution >= 4 is 5.78 Å². The monoisotopic (exact) mass is 433 g/mol. The highest BCUT2D eigenvalue weighted by Gasteiger charge is 2.52. The van der Waals surface area contributed by atoms with Crippen LogP contribution in [0.15, 0.2) is 48.6 Å². The molecule has 1 spiro atoms. The Morgan fingerprint density at radius 1 is 1.16 bits per heavy atom. The summed E-state index contributed by atoms with van der Waals surface area (Å²) in [6.07, 6.45) is 8.14. The Labute approximate surface area is 190 Å². The zero-order valence-electron chi connectivity index (χ0n) is 19.1. The second kappa shape index (κ2) is 8.28. The number of nitrogens with zero attached hydrogens (tertiary/aromatic N) is 1. The Morgan fingerprint density at radius 3 is 2.72 bits per heavy atom. The van der Waals surface area contributed by atoms with Gasteiger partial charge in [0, 0.05) is 24.1 Å². The van der Waals surface area contributed by atoms with E-state index in [2.05, 4.69) is 30.2 Å². The van der Waals surface area contributed by atoms with E-state index in [0.717, 1.165) is 55.2 Å². The van der Waals surface area contributed by atoms with Gasteiger partial charge in [0.2, 0.25) is 0 Å². The highest BCUT2D eigenvalue weighted by atomic mass is 16.5. The van der Waals surface area contributed by atoms with Crippen LogP contribution in [0.5, 0.6) is 17.2 Å². The van der Waals surface area contributed by atoms with Gasteiger partial charge in [0.1, 0.15) is 11.9 Å². The molecular weight excluding hydrogens is 402 g/mol. The molecule has 2 aromatic rings. The molecule has 0 unspecified atom stereocenters. The van der Waals surface area contributed by atoms with E-state index in [1.807, 2.05) is 30.3 Å². The lowest BCUT2D eigenvalue weighted by Crippen LogP contribution is -2.41. The maximum absolute atomic E-state index is 12.7. The second-order valence-corrected chi connectivity index (χ2v) is 9.31. The average Bonchev–Trinajstić information content (AvgIpc) is 3.08. The standard InChI is InChI=1S/C27H31NO4/c1-28-15-14-27-13-12-18(4-10-22(29)19-5-8-21(30-2)9-6-19)16-24(27)32-26-23(31-3)11-7-20(17-28)25(26)27/h5-9,11-13,18,24H,4,10,14-17H2,1-3H3/t18-,24-,27-/m0/s1. The topological polar surface area (TPSA) is 48.0 Å². The van der Waals surface area contributed by atoms with Crippen LogP contribution in [-0.2, 0) is 12.0 Å². The molecule has 2 heterocycles. The van der Waals surface area contributed by atoms with Gasteiger partial charge in [0.25, 0.3) is 0 Å². The van der Waals surface area contributed by atoms with Crippen molar-refractivity contribution in [3.63, 3.8) is 0 Å². The average molecular weight is 434 g/mol. The highest BCUT2D eigenvalue weighted by Crippen LogP contribution is 2.56. The van der Waals surface area contributed by atoms with Crippen molar-refractivity contribution in [3.05, 3.63) is 65.2 Å². The van der Waals surface area contributed by atoms with Gasteiger partial charge in [-0.15, -0.1) is 0 Å². The molecule has 0 amide bonds. The number of methoxy groups -OCH3 is 2. The normalized spacial score (nSPS) is 26.0. The minimum Gasteiger partial charge on any atom is -0.497 e. The molecular formula is C27H31NO4. The fraction of sp³-hybridized carbons (Fsp3) is 0.444. The highest BCUT2D eigenvalue weighted by molar-refractivity contribution is 5.96. The molecule has 0 N–H and O–H groups in total. The molecule has 0 bridgehead atoms. The summed E-state index contributed by atoms with van der Waals surface area (Å²) in [6, 6.07) is 11.6. The molecule has 3 aliphatic rings. The molecule has 3 atom stereocenters. The third kappa shape index (κ3) is 3.49. The molecule has 0 saturated carbocycles. The second-order valence-electron chi connectivity index (χ2n) is 9.31. The van der Waals surface area contributed by atoms with E-state index in [1.54, 1.807) is 14.2 Å². The Kier molecular flexibility index (Phi) is 5.46. The number of carbonyl (C=O) groups is 1. The van der Waals surface area contributed by atoms with Gasteiger partial charge >= 0.3 is 0 Å². The molecule has 2 aliphatic heterocycles. The number of rotatable bonds is 6. The van der Waals surface area contributed by atoms with Crippen LogP contribution in [0.2, 0.25) is 0 Å². The van der Waals surface area contributed by atoms with E-state index in [-0.39, 0.29) is 17.3 Å². The largest absolute Gasteiger partial charge is 0.497 e. The maximum atomic E-state index is 12.7. The summed E-state index contributed by atoms with van der Waals surface area (Å²) in [7, 11) is 5.53. The van der Waals surface area contributed by atoms with E-state index in [1.165, 1.54) is 11.1 Å². The number of hydrogen-bond donors (Lipinski definition) is 0. The number of ketones is 1. The molecule has 0 fully saturated rings. The van der Waals surface area contributed by atoms with Crippen LogP contribution in [0.1, 0.15) is 47.2 Å². The van der Waals surface area contributed by atoms with E-state index in [0.29, 0.717) is 12.3 Å². The number of allylic oxidation sites excluding steroid dienone is 1. The molecule has 0 saturated heterocycles. The van der Waals surface area contributed by atoms with Crippen molar-refractivity contribution in [3.8, 4) is 17.2 Å². The lowest BCUT2D eigenvalue weighted by molar-refractivity contribution is 0.0957. The summed E-state index contributed by atoms with van der Waals surface area (Å²) in [4.78, 5) is 15.1. The Morgan fingerprint density at radius 2 is 1.97 bits per heavy atom. The van der Waals surface area contributed by atoms with Crippen LogP contribution < -0.4 is 14.2 Å². The third-order valence-electron chi connectivity index (χ3n) is 7.41. The van der Waals surface area contributed by atoms with Crippen LogP contribution in [0.4, 0.5) is 0 Å². The van der Waals surface area contributed by atoms with Crippen molar-refractivity contribution in [1.29, 1.82) is 0 Å². The Hall–Kier alpha value is -2.79. The van der Waals surface area contributed by atoms with Gasteiger partial charge in [-0.1, -0.05) is 18.2 Å². The molecule has 32 heavy (non-hydrogen) atoms. The summed E-state index contributed by atoms with van der Waals surface area (Å²) in [5.41, 5.74) is 3.30. The summed E-state index contributed by atoms with van der Waals surface area (Å²) >= 11 is 0. The van der Waals surface area contributed by atoms with Crippen LogP contribution in [0, 0.1) is 5.92 Å². The molecule has 0 radical (unpaired) electrons. The summed E-state index contributed by atoms with van der Waals surface area (Å²) in [6.45, 7) is 1.96. The first kappa shape index (κ1) is 21.1. The molecule has 5 rings (SSSR count). The van der Waals surface area contributed by atoms with Crippen LogP contribution in [-0.4, -0.2) is 44.6 Å². The van der Waals surface area contributed by atoms with Crippen molar-refractivity contribution in [2.75, 3.05) is 27.8 Å². The van der Waals surface area contributed by atoms with E-state index < -0.39 is 0 Å². The van der Waals surface area contributed by atoms with Crippen molar-refractivity contribution < 1.29 is 19.0 Å². The first-order chi connectivity index (χ1) is 15.5. The fourth-order valence-electron chi connectivity index (χ4n) is 5.61. The smallest absolute Gasteiger partial charge is 0.166 e. The lowest BCUT2D eigenvalue weighted by atomic mass is 9.67. The lowest BCUT2D eigenvalue weighted by Gasteiger charge is -2.37. The molecule has 1 aliphatic carbocycles. The predicted molar refractivity (Wildman–Crippen MR) is 124 cm³/mol. The van der Waals surface area contributed by atoms with Crippen LogP contribution >= 0.6 is 0 Å². The van der Waals surface area contributed by atoms with Gasteiger partial charge in [-0.25, -0.2) is 0 Å². The van der Waals surface area contributed by atoms with Crippen molar-refractivity contribution in [2.45, 2.75) is 43.7 Å². The number of carbonyl (C=O) groups excluding carboxylic acids is 1. The zero-order chi connectivity index (χ0) is 22.3. The summed E-state index contributed by atoms with van der Waals surface area (Å²) in [5.74, 6) is 3.02. The van der Waals surface area contributed by atoms with E-state index in [4.69, 9.17) is 14.2 Å². The van der Waals surface area contributed by atoms with Gasteiger partial charge in [0.15, 0.2) is 17.3 Å². The number of Topliss-reactive ketones (excluding diaryl/α,β-unsaturated/α-hetero) is 1. The SMILES string of the molecule is COc1ccc(C(=O)CC[C@H]2C=C[C@@]34CCN(C)Cc5ccc(OC)c(c53)O[C@H]4C2)cc1. The first-order valence-corrected chi connectivity index (χ1v) is 11.5. The van der Waals surface area contributed by atoms with Crippen molar-refractivity contribution in [1.82, 2.24) is 4.90 Å². The van der Waals surface area contributed by atoms with Gasteiger partial charge < -0.3 is 19.1 Å². The minimum atomic E-state index is -0.0968. The van der Waals surface area contributed by atoms with E-state index in [9.17, 15) is 4.79 Å². The molecule has 5 heteroatoms. The Bertz CT molecular complexity index is 1040. The van der Waals surface area contributed by atoms with Crippen LogP contribution in [0.3, 0.4) is 0 Å². The molecule has 0 aromatic heterocycles. The number of benzene rings is 2. The van der Waals surface area contributed by atoms with Crippen molar-refractivity contribution in [2.24, 2.45) is 5.92 Å². The van der Waals surface area contributed by atoms with E-state index >= 15 is 0 Å².